The van der Waals surface area contributed by atoms with E-state index in [9.17, 15) is 24.7 Å². The molecule has 0 spiro atoms. The molecule has 0 bridgehead atoms. The molecule has 1 aromatic rings. The van der Waals surface area contributed by atoms with E-state index in [1.165, 1.54) is 6.07 Å². The maximum Gasteiger partial charge on any atom is 0.310 e. The van der Waals surface area contributed by atoms with Crippen molar-refractivity contribution in [3.63, 3.8) is 0 Å². The van der Waals surface area contributed by atoms with Gasteiger partial charge in [-0.2, -0.15) is 9.65 Å². The monoisotopic (exact) mass is 240 g/mol. The van der Waals surface area contributed by atoms with Gasteiger partial charge >= 0.3 is 5.69 Å². The first kappa shape index (κ1) is 13.0. The van der Waals surface area contributed by atoms with Crippen LogP contribution >= 0.6 is 0 Å². The normalized spacial score (nSPS) is 13.8. The van der Waals surface area contributed by atoms with Crippen LogP contribution in [0.25, 0.3) is 0 Å². The number of hydrogen-bond donors (Lipinski definition) is 2. The first-order valence-electron chi connectivity index (χ1n) is 4.65. The van der Waals surface area contributed by atoms with Crippen molar-refractivity contribution in [2.45, 2.75) is 18.6 Å². The zero-order valence-corrected chi connectivity index (χ0v) is 8.58. The molecule has 2 atom stereocenters. The van der Waals surface area contributed by atoms with Crippen LogP contribution in [-0.4, -0.2) is 21.2 Å². The lowest BCUT2D eigenvalue weighted by Gasteiger charge is -2.15. The second kappa shape index (κ2) is 5.34. The highest BCUT2D eigenvalue weighted by molar-refractivity contribution is 5.43. The number of nitrogens with zero attached hydrogens (tertiary/aromatic N) is 2. The van der Waals surface area contributed by atoms with Gasteiger partial charge in [-0.15, -0.1) is 0 Å². The standard InChI is InChI=1S/C10H9FN2O4/c11-7-3-1-2-6(9(7)13(16)17)10(15)8(14)4-5-12/h1-3,8,10,14-15H,4H2. The van der Waals surface area contributed by atoms with E-state index < -0.39 is 35.1 Å². The number of aliphatic hydroxyl groups is 2. The molecule has 0 saturated heterocycles. The summed E-state index contributed by atoms with van der Waals surface area (Å²) in [5, 5.41) is 37.9. The zero-order valence-electron chi connectivity index (χ0n) is 8.58. The molecule has 2 unspecified atom stereocenters. The van der Waals surface area contributed by atoms with Gasteiger partial charge in [0.05, 0.1) is 29.1 Å². The first-order valence-corrected chi connectivity index (χ1v) is 4.65. The molecule has 6 nitrogen and oxygen atoms in total. The summed E-state index contributed by atoms with van der Waals surface area (Å²) in [7, 11) is 0. The molecular weight excluding hydrogens is 231 g/mol. The number of halogens is 1. The summed E-state index contributed by atoms with van der Waals surface area (Å²) in [4.78, 5) is 9.66. The van der Waals surface area contributed by atoms with Crippen molar-refractivity contribution in [3.8, 4) is 6.07 Å². The average molecular weight is 240 g/mol. The van der Waals surface area contributed by atoms with Crippen LogP contribution in [0.15, 0.2) is 18.2 Å². The number of rotatable bonds is 4. The van der Waals surface area contributed by atoms with Crippen molar-refractivity contribution in [1.82, 2.24) is 0 Å². The Morgan fingerprint density at radius 1 is 1.53 bits per heavy atom. The number of nitriles is 1. The number of hydrogen-bond acceptors (Lipinski definition) is 5. The van der Waals surface area contributed by atoms with E-state index in [1.54, 1.807) is 6.07 Å². The fourth-order valence-corrected chi connectivity index (χ4v) is 1.38. The predicted molar refractivity (Wildman–Crippen MR) is 54.3 cm³/mol. The van der Waals surface area contributed by atoms with Crippen molar-refractivity contribution in [2.24, 2.45) is 0 Å². The second-order valence-corrected chi connectivity index (χ2v) is 3.31. The molecule has 0 fully saturated rings. The minimum atomic E-state index is -1.68. The lowest BCUT2D eigenvalue weighted by molar-refractivity contribution is -0.389. The molecule has 0 aliphatic rings. The van der Waals surface area contributed by atoms with Crippen LogP contribution < -0.4 is 0 Å². The van der Waals surface area contributed by atoms with Gasteiger partial charge in [-0.3, -0.25) is 10.1 Å². The molecule has 0 aromatic heterocycles. The van der Waals surface area contributed by atoms with E-state index >= 15 is 0 Å². The molecule has 1 rings (SSSR count). The average Bonchev–Trinajstić information content (AvgIpc) is 2.27. The van der Waals surface area contributed by atoms with E-state index in [0.717, 1.165) is 12.1 Å². The lowest BCUT2D eigenvalue weighted by Crippen LogP contribution is -2.19. The Hall–Kier alpha value is -2.04. The minimum Gasteiger partial charge on any atom is -0.389 e. The molecular formula is C10H9FN2O4. The van der Waals surface area contributed by atoms with E-state index in [-0.39, 0.29) is 5.56 Å². The van der Waals surface area contributed by atoms with Gasteiger partial charge in [-0.1, -0.05) is 6.07 Å². The molecule has 90 valence electrons. The van der Waals surface area contributed by atoms with E-state index in [4.69, 9.17) is 5.26 Å². The van der Waals surface area contributed by atoms with Gasteiger partial charge in [0.25, 0.3) is 0 Å². The minimum absolute atomic E-state index is 0.349. The third-order valence-electron chi connectivity index (χ3n) is 2.18. The molecule has 0 aliphatic carbocycles. The Labute approximate surface area is 95.7 Å². The van der Waals surface area contributed by atoms with Crippen molar-refractivity contribution in [2.75, 3.05) is 0 Å². The Morgan fingerprint density at radius 3 is 2.71 bits per heavy atom. The number of para-hydroxylation sites is 1. The summed E-state index contributed by atoms with van der Waals surface area (Å²) in [6, 6.07) is 4.80. The van der Waals surface area contributed by atoms with Crippen LogP contribution in [0.3, 0.4) is 0 Å². The summed E-state index contributed by atoms with van der Waals surface area (Å²) in [5.74, 6) is -1.10. The van der Waals surface area contributed by atoms with Crippen molar-refractivity contribution >= 4 is 5.69 Å². The van der Waals surface area contributed by atoms with Gasteiger partial charge < -0.3 is 10.2 Å². The molecule has 17 heavy (non-hydrogen) atoms. The Kier molecular flexibility index (Phi) is 4.09. The molecule has 0 heterocycles. The molecule has 7 heteroatoms. The van der Waals surface area contributed by atoms with Gasteiger partial charge in [0.2, 0.25) is 5.82 Å². The van der Waals surface area contributed by atoms with Crippen LogP contribution in [0.5, 0.6) is 0 Å². The maximum absolute atomic E-state index is 13.2. The topological polar surface area (TPSA) is 107 Å². The maximum atomic E-state index is 13.2. The van der Waals surface area contributed by atoms with Crippen molar-refractivity contribution < 1.29 is 19.5 Å². The van der Waals surface area contributed by atoms with Crippen molar-refractivity contribution in [1.29, 1.82) is 5.26 Å². The van der Waals surface area contributed by atoms with Crippen LogP contribution in [0.2, 0.25) is 0 Å². The highest BCUT2D eigenvalue weighted by atomic mass is 19.1. The SMILES string of the molecule is N#CCC(O)C(O)c1cccc(F)c1[N+](=O)[O-]. The van der Waals surface area contributed by atoms with Crippen LogP contribution in [0.4, 0.5) is 10.1 Å². The van der Waals surface area contributed by atoms with Crippen LogP contribution in [0, 0.1) is 27.3 Å². The summed E-state index contributed by atoms with van der Waals surface area (Å²) >= 11 is 0. The highest BCUT2D eigenvalue weighted by Gasteiger charge is 2.28. The smallest absolute Gasteiger partial charge is 0.310 e. The van der Waals surface area contributed by atoms with Gasteiger partial charge in [-0.05, 0) is 12.1 Å². The molecule has 2 N–H and O–H groups in total. The Bertz CT molecular complexity index is 472. The predicted octanol–water partition coefficient (Wildman–Crippen LogP) is 1.04. The largest absolute Gasteiger partial charge is 0.389 e. The van der Waals surface area contributed by atoms with Gasteiger partial charge in [-0.25, -0.2) is 0 Å². The van der Waals surface area contributed by atoms with Gasteiger partial charge in [0.1, 0.15) is 6.10 Å². The molecule has 0 amide bonds. The number of benzene rings is 1. The highest BCUT2D eigenvalue weighted by Crippen LogP contribution is 2.30. The second-order valence-electron chi connectivity index (χ2n) is 3.31. The zero-order chi connectivity index (χ0) is 13.0. The molecule has 0 saturated carbocycles. The summed E-state index contributed by atoms with van der Waals surface area (Å²) in [5.41, 5.74) is -1.24. The summed E-state index contributed by atoms with van der Waals surface area (Å²) < 4.78 is 13.2. The third kappa shape index (κ3) is 2.75. The van der Waals surface area contributed by atoms with Gasteiger partial charge in [0, 0.05) is 0 Å². The fraction of sp³-hybridized carbons (Fsp3) is 0.300. The summed E-state index contributed by atoms with van der Waals surface area (Å²) in [6.45, 7) is 0. The van der Waals surface area contributed by atoms with Crippen LogP contribution in [0.1, 0.15) is 18.1 Å². The quantitative estimate of drug-likeness (QED) is 0.603. The third-order valence-corrected chi connectivity index (χ3v) is 2.18. The number of aliphatic hydroxyl groups excluding tert-OH is 2. The Balaban J connectivity index is 3.18. The summed E-state index contributed by atoms with van der Waals surface area (Å²) in [6.07, 6.45) is -3.58. The van der Waals surface area contributed by atoms with Gasteiger partial charge in [0.15, 0.2) is 0 Å². The number of nitro benzene ring substituents is 1. The number of nitro groups is 1. The first-order chi connectivity index (χ1) is 7.99. The van der Waals surface area contributed by atoms with Crippen molar-refractivity contribution in [3.05, 3.63) is 39.7 Å². The molecule has 0 radical (unpaired) electrons. The lowest BCUT2D eigenvalue weighted by atomic mass is 10.0. The fourth-order valence-electron chi connectivity index (χ4n) is 1.38. The van der Waals surface area contributed by atoms with E-state index in [0.29, 0.717) is 0 Å². The Morgan fingerprint density at radius 2 is 2.18 bits per heavy atom. The van der Waals surface area contributed by atoms with E-state index in [2.05, 4.69) is 0 Å². The molecule has 1 aromatic carbocycles. The molecule has 0 aliphatic heterocycles. The van der Waals surface area contributed by atoms with E-state index in [1.807, 2.05) is 0 Å². The van der Waals surface area contributed by atoms with Crippen LogP contribution in [-0.2, 0) is 0 Å².